The molecule has 0 aromatic carbocycles. The van der Waals surface area contributed by atoms with Crippen LogP contribution < -0.4 is 0 Å². The van der Waals surface area contributed by atoms with Gasteiger partial charge >= 0.3 is 0 Å². The molecule has 1 nitrogen and oxygen atoms in total. The van der Waals surface area contributed by atoms with Crippen LogP contribution in [0.2, 0.25) is 5.02 Å². The molecule has 1 fully saturated rings. The fraction of sp³-hybridized carbons (Fsp3) is 0.545. The van der Waals surface area contributed by atoms with E-state index in [2.05, 4.69) is 4.98 Å². The molecule has 0 atom stereocenters. The monoisotopic (exact) mass is 227 g/mol. The molecule has 0 saturated heterocycles. The third-order valence-corrected chi connectivity index (χ3v) is 4.19. The number of pyridine rings is 1. The molecule has 0 N–H and O–H groups in total. The Bertz CT molecular complexity index is 297. The summed E-state index contributed by atoms with van der Waals surface area (Å²) in [6.07, 6.45) is 7.35. The van der Waals surface area contributed by atoms with Gasteiger partial charge in [0, 0.05) is 22.2 Å². The number of thioether (sulfide) groups is 1. The van der Waals surface area contributed by atoms with Gasteiger partial charge in [0.05, 0.1) is 5.69 Å². The third-order valence-electron chi connectivity index (χ3n) is 2.55. The maximum Gasteiger partial charge on any atom is 0.0517 e. The van der Waals surface area contributed by atoms with Gasteiger partial charge in [-0.05, 0) is 25.0 Å². The number of aromatic nitrogens is 1. The van der Waals surface area contributed by atoms with Gasteiger partial charge in [0.2, 0.25) is 0 Å². The Morgan fingerprint density at radius 1 is 1.43 bits per heavy atom. The average Bonchev–Trinajstić information content (AvgIpc) is 2.67. The number of hydrogen-bond acceptors (Lipinski definition) is 2. The first-order valence-electron chi connectivity index (χ1n) is 5.06. The van der Waals surface area contributed by atoms with Crippen LogP contribution in [0.1, 0.15) is 31.4 Å². The van der Waals surface area contributed by atoms with Crippen molar-refractivity contribution in [1.29, 1.82) is 0 Å². The first-order chi connectivity index (χ1) is 6.84. The van der Waals surface area contributed by atoms with Gasteiger partial charge < -0.3 is 0 Å². The molecule has 0 radical (unpaired) electrons. The molecule has 1 aliphatic carbocycles. The molecular formula is C11H14ClNS. The molecule has 76 valence electrons. The van der Waals surface area contributed by atoms with Crippen molar-refractivity contribution in [3.05, 3.63) is 29.0 Å². The van der Waals surface area contributed by atoms with Crippen molar-refractivity contribution in [2.75, 3.05) is 0 Å². The highest BCUT2D eigenvalue weighted by Crippen LogP contribution is 2.31. The molecular weight excluding hydrogens is 214 g/mol. The molecule has 14 heavy (non-hydrogen) atoms. The van der Waals surface area contributed by atoms with E-state index in [1.54, 1.807) is 6.20 Å². The Hall–Kier alpha value is -0.210. The molecule has 0 unspecified atom stereocenters. The van der Waals surface area contributed by atoms with Gasteiger partial charge in [-0.1, -0.05) is 24.4 Å². The molecule has 0 amide bonds. The molecule has 1 heterocycles. The van der Waals surface area contributed by atoms with Crippen LogP contribution in [0.3, 0.4) is 0 Å². The molecule has 1 aromatic rings. The third kappa shape index (κ3) is 2.89. The first kappa shape index (κ1) is 10.3. The Kier molecular flexibility index (Phi) is 3.71. The Morgan fingerprint density at radius 2 is 2.21 bits per heavy atom. The van der Waals surface area contributed by atoms with E-state index in [1.807, 2.05) is 23.9 Å². The molecule has 1 aromatic heterocycles. The van der Waals surface area contributed by atoms with Gasteiger partial charge in [-0.3, -0.25) is 4.98 Å². The van der Waals surface area contributed by atoms with Crippen LogP contribution in [-0.4, -0.2) is 10.2 Å². The molecule has 3 heteroatoms. The van der Waals surface area contributed by atoms with E-state index in [-0.39, 0.29) is 0 Å². The number of hydrogen-bond donors (Lipinski definition) is 0. The highest BCUT2D eigenvalue weighted by Gasteiger charge is 2.15. The summed E-state index contributed by atoms with van der Waals surface area (Å²) in [5.74, 6) is 1.01. The number of rotatable bonds is 3. The van der Waals surface area contributed by atoms with Crippen molar-refractivity contribution in [3.63, 3.8) is 0 Å². The Balaban J connectivity index is 1.85. The van der Waals surface area contributed by atoms with Crippen molar-refractivity contribution in [2.45, 2.75) is 36.7 Å². The largest absolute Gasteiger partial charge is 0.260 e. The summed E-state index contributed by atoms with van der Waals surface area (Å²) in [6.45, 7) is 0. The summed E-state index contributed by atoms with van der Waals surface area (Å²) in [7, 11) is 0. The lowest BCUT2D eigenvalue weighted by atomic mass is 10.4. The minimum atomic E-state index is 0.794. The molecule has 1 saturated carbocycles. The van der Waals surface area contributed by atoms with Crippen molar-refractivity contribution >= 4 is 23.4 Å². The van der Waals surface area contributed by atoms with Gasteiger partial charge in [0.1, 0.15) is 0 Å². The van der Waals surface area contributed by atoms with Crippen LogP contribution in [0.5, 0.6) is 0 Å². The van der Waals surface area contributed by atoms with Crippen LogP contribution in [-0.2, 0) is 5.75 Å². The van der Waals surface area contributed by atoms with Crippen LogP contribution in [0.4, 0.5) is 0 Å². The predicted octanol–water partition coefficient (Wildman–Crippen LogP) is 3.91. The number of halogens is 1. The van der Waals surface area contributed by atoms with E-state index < -0.39 is 0 Å². The van der Waals surface area contributed by atoms with Crippen molar-refractivity contribution < 1.29 is 0 Å². The molecule has 2 rings (SSSR count). The second-order valence-corrected chi connectivity index (χ2v) is 5.41. The van der Waals surface area contributed by atoms with Gasteiger partial charge in [0.25, 0.3) is 0 Å². The zero-order valence-electron chi connectivity index (χ0n) is 8.08. The highest BCUT2D eigenvalue weighted by molar-refractivity contribution is 7.99. The molecule has 0 spiro atoms. The van der Waals surface area contributed by atoms with Gasteiger partial charge in [0.15, 0.2) is 0 Å². The lowest BCUT2D eigenvalue weighted by Crippen LogP contribution is -1.95. The number of nitrogens with zero attached hydrogens (tertiary/aromatic N) is 1. The molecule has 0 bridgehead atoms. The summed E-state index contributed by atoms with van der Waals surface area (Å²) in [4.78, 5) is 4.30. The van der Waals surface area contributed by atoms with E-state index in [0.29, 0.717) is 0 Å². The van der Waals surface area contributed by atoms with Gasteiger partial charge in [-0.15, -0.1) is 0 Å². The van der Waals surface area contributed by atoms with Crippen LogP contribution in [0.25, 0.3) is 0 Å². The Morgan fingerprint density at radius 3 is 2.93 bits per heavy atom. The summed E-state index contributed by atoms with van der Waals surface area (Å²) in [5.41, 5.74) is 1.11. The summed E-state index contributed by atoms with van der Waals surface area (Å²) in [6, 6.07) is 3.79. The second-order valence-electron chi connectivity index (χ2n) is 3.68. The zero-order valence-corrected chi connectivity index (χ0v) is 9.65. The van der Waals surface area contributed by atoms with E-state index in [4.69, 9.17) is 11.6 Å². The van der Waals surface area contributed by atoms with E-state index >= 15 is 0 Å². The normalized spacial score (nSPS) is 17.5. The van der Waals surface area contributed by atoms with Crippen LogP contribution in [0.15, 0.2) is 18.3 Å². The highest BCUT2D eigenvalue weighted by atomic mass is 35.5. The van der Waals surface area contributed by atoms with Crippen LogP contribution >= 0.6 is 23.4 Å². The lowest BCUT2D eigenvalue weighted by Gasteiger charge is -2.07. The van der Waals surface area contributed by atoms with Gasteiger partial charge in [-0.25, -0.2) is 0 Å². The topological polar surface area (TPSA) is 12.9 Å². The fourth-order valence-electron chi connectivity index (χ4n) is 1.79. The smallest absolute Gasteiger partial charge is 0.0517 e. The predicted molar refractivity (Wildman–Crippen MR) is 62.8 cm³/mol. The SMILES string of the molecule is Clc1ccnc(CSC2CCCC2)c1. The quantitative estimate of drug-likeness (QED) is 0.777. The lowest BCUT2D eigenvalue weighted by molar-refractivity contribution is 0.886. The van der Waals surface area contributed by atoms with Crippen molar-refractivity contribution in [1.82, 2.24) is 4.98 Å². The second kappa shape index (κ2) is 5.04. The van der Waals surface area contributed by atoms with Crippen molar-refractivity contribution in [2.24, 2.45) is 0 Å². The first-order valence-corrected chi connectivity index (χ1v) is 6.49. The summed E-state index contributed by atoms with van der Waals surface area (Å²) < 4.78 is 0. The maximum atomic E-state index is 5.89. The fourth-order valence-corrected chi connectivity index (χ4v) is 3.20. The standard InChI is InChI=1S/C11H14ClNS/c12-9-5-6-13-10(7-9)8-14-11-3-1-2-4-11/h5-7,11H,1-4,8H2. The van der Waals surface area contributed by atoms with Crippen molar-refractivity contribution in [3.8, 4) is 0 Å². The minimum Gasteiger partial charge on any atom is -0.260 e. The summed E-state index contributed by atoms with van der Waals surface area (Å²) in [5, 5.41) is 1.65. The molecule has 0 aliphatic heterocycles. The minimum absolute atomic E-state index is 0.794. The Labute approximate surface area is 94.3 Å². The van der Waals surface area contributed by atoms with E-state index in [9.17, 15) is 0 Å². The van der Waals surface area contributed by atoms with E-state index in [0.717, 1.165) is 21.7 Å². The maximum absolute atomic E-state index is 5.89. The van der Waals surface area contributed by atoms with E-state index in [1.165, 1.54) is 25.7 Å². The average molecular weight is 228 g/mol. The molecule has 1 aliphatic rings. The summed E-state index contributed by atoms with van der Waals surface area (Å²) >= 11 is 7.92. The van der Waals surface area contributed by atoms with Crippen LogP contribution in [0, 0.1) is 0 Å². The zero-order chi connectivity index (χ0) is 9.80. The van der Waals surface area contributed by atoms with Gasteiger partial charge in [-0.2, -0.15) is 11.8 Å².